The van der Waals surface area contributed by atoms with Gasteiger partial charge in [-0.15, -0.1) is 0 Å². The van der Waals surface area contributed by atoms with Crippen LogP contribution in [0, 0.1) is 0 Å². The highest BCUT2D eigenvalue weighted by molar-refractivity contribution is 6.45. The Morgan fingerprint density at radius 3 is 2.60 bits per heavy atom. The maximum absolute atomic E-state index is 11.9. The van der Waals surface area contributed by atoms with Crippen molar-refractivity contribution in [2.24, 2.45) is 0 Å². The second-order valence-corrected chi connectivity index (χ2v) is 5.40. The molecule has 1 aromatic rings. The predicted molar refractivity (Wildman–Crippen MR) is 69.2 cm³/mol. The summed E-state index contributed by atoms with van der Waals surface area (Å²) in [6.07, 6.45) is -1.24. The molecule has 20 heavy (non-hydrogen) atoms. The molecule has 0 radical (unpaired) electrons. The third kappa shape index (κ3) is 1.99. The van der Waals surface area contributed by atoms with E-state index in [0.29, 0.717) is 5.57 Å². The summed E-state index contributed by atoms with van der Waals surface area (Å²) in [6, 6.07) is 1.30. The van der Waals surface area contributed by atoms with E-state index in [1.807, 2.05) is 0 Å². The number of carboxylic acids is 1. The van der Waals surface area contributed by atoms with Gasteiger partial charge in [-0.05, 0) is 20.8 Å². The molecule has 2 rings (SSSR count). The van der Waals surface area contributed by atoms with Gasteiger partial charge in [0.25, 0.3) is 5.91 Å². The number of aliphatic hydroxyl groups is 1. The van der Waals surface area contributed by atoms with E-state index in [1.165, 1.54) is 26.8 Å². The number of rotatable bonds is 3. The minimum atomic E-state index is -1.30. The summed E-state index contributed by atoms with van der Waals surface area (Å²) in [5.74, 6) is -1.62. The Bertz CT molecular complexity index is 619. The Labute approximate surface area is 119 Å². The Hall–Kier alpha value is -1.86. The van der Waals surface area contributed by atoms with Crippen LogP contribution in [0.2, 0.25) is 0 Å². The highest BCUT2D eigenvalue weighted by Gasteiger charge is 2.40. The molecule has 0 aromatic carbocycles. The molecule has 1 amide bonds. The van der Waals surface area contributed by atoms with Crippen LogP contribution in [-0.2, 0) is 15.0 Å². The van der Waals surface area contributed by atoms with E-state index < -0.39 is 23.5 Å². The molecule has 0 fully saturated rings. The number of aliphatic hydroxyl groups excluding tert-OH is 1. The van der Waals surface area contributed by atoms with E-state index in [1.54, 1.807) is 0 Å². The average Bonchev–Trinajstić information content (AvgIpc) is 2.92. The zero-order valence-corrected chi connectivity index (χ0v) is 11.8. The SMILES string of the molecule is CC1=C(Cl)C(=O)N(c2cc(C(C)(C)C(=O)O)on2)C1O. The lowest BCUT2D eigenvalue weighted by Gasteiger charge is -2.18. The molecule has 2 N–H and O–H groups in total. The molecule has 1 unspecified atom stereocenters. The Balaban J connectivity index is 2.37. The molecule has 0 aliphatic carbocycles. The number of aromatic nitrogens is 1. The molecular formula is C12H13ClN2O5. The van der Waals surface area contributed by atoms with Crippen molar-refractivity contribution < 1.29 is 24.3 Å². The Morgan fingerprint density at radius 2 is 2.15 bits per heavy atom. The molecule has 8 heteroatoms. The number of carboxylic acid groups (broad SMARTS) is 1. The monoisotopic (exact) mass is 300 g/mol. The highest BCUT2D eigenvalue weighted by atomic mass is 35.5. The second kappa shape index (κ2) is 4.60. The van der Waals surface area contributed by atoms with E-state index in [9.17, 15) is 14.7 Å². The quantitative estimate of drug-likeness (QED) is 0.869. The zero-order chi connectivity index (χ0) is 15.2. The fourth-order valence-corrected chi connectivity index (χ4v) is 1.89. The van der Waals surface area contributed by atoms with Gasteiger partial charge in [-0.1, -0.05) is 16.8 Å². The van der Waals surface area contributed by atoms with Crippen molar-refractivity contribution in [3.05, 3.63) is 22.4 Å². The molecule has 0 saturated heterocycles. The van der Waals surface area contributed by atoms with E-state index in [2.05, 4.69) is 5.16 Å². The summed E-state index contributed by atoms with van der Waals surface area (Å²) in [5, 5.41) is 22.6. The topological polar surface area (TPSA) is 104 Å². The summed E-state index contributed by atoms with van der Waals surface area (Å²) in [5.41, 5.74) is -0.996. The van der Waals surface area contributed by atoms with E-state index in [0.717, 1.165) is 4.90 Å². The van der Waals surface area contributed by atoms with Crippen LogP contribution >= 0.6 is 11.6 Å². The number of carbonyl (C=O) groups is 2. The van der Waals surface area contributed by atoms with Crippen molar-refractivity contribution in [1.29, 1.82) is 0 Å². The van der Waals surface area contributed by atoms with Crippen LogP contribution in [0.5, 0.6) is 0 Å². The van der Waals surface area contributed by atoms with Gasteiger partial charge in [0.1, 0.15) is 10.4 Å². The van der Waals surface area contributed by atoms with Crippen LogP contribution in [0.15, 0.2) is 21.2 Å². The van der Waals surface area contributed by atoms with Crippen molar-refractivity contribution in [1.82, 2.24) is 5.16 Å². The minimum Gasteiger partial charge on any atom is -0.481 e. The molecule has 1 aliphatic heterocycles. The summed E-state index contributed by atoms with van der Waals surface area (Å²) < 4.78 is 4.97. The van der Waals surface area contributed by atoms with E-state index in [-0.39, 0.29) is 16.6 Å². The van der Waals surface area contributed by atoms with Crippen molar-refractivity contribution in [2.45, 2.75) is 32.4 Å². The van der Waals surface area contributed by atoms with Crippen molar-refractivity contribution in [3.8, 4) is 0 Å². The van der Waals surface area contributed by atoms with Gasteiger partial charge in [-0.3, -0.25) is 14.5 Å². The lowest BCUT2D eigenvalue weighted by molar-refractivity contribution is -0.143. The van der Waals surface area contributed by atoms with Crippen LogP contribution in [-0.4, -0.2) is 33.5 Å². The van der Waals surface area contributed by atoms with Crippen LogP contribution in [0.25, 0.3) is 0 Å². The summed E-state index contributed by atoms with van der Waals surface area (Å²) >= 11 is 5.78. The van der Waals surface area contributed by atoms with E-state index in [4.69, 9.17) is 21.2 Å². The molecule has 0 saturated carbocycles. The van der Waals surface area contributed by atoms with Gasteiger partial charge < -0.3 is 14.7 Å². The number of carbonyl (C=O) groups excluding carboxylic acids is 1. The molecule has 1 atom stereocenters. The normalized spacial score (nSPS) is 19.9. The van der Waals surface area contributed by atoms with Gasteiger partial charge in [-0.2, -0.15) is 0 Å². The van der Waals surface area contributed by atoms with E-state index >= 15 is 0 Å². The number of hydrogen-bond acceptors (Lipinski definition) is 5. The van der Waals surface area contributed by atoms with Gasteiger partial charge in [0.15, 0.2) is 17.8 Å². The van der Waals surface area contributed by atoms with Crippen molar-refractivity contribution in [3.63, 3.8) is 0 Å². The van der Waals surface area contributed by atoms with Crippen LogP contribution in [0.3, 0.4) is 0 Å². The largest absolute Gasteiger partial charge is 0.481 e. The first-order valence-corrected chi connectivity index (χ1v) is 6.14. The van der Waals surface area contributed by atoms with Gasteiger partial charge in [-0.25, -0.2) is 0 Å². The fraction of sp³-hybridized carbons (Fsp3) is 0.417. The number of amides is 1. The maximum Gasteiger partial charge on any atom is 0.316 e. The number of hydrogen-bond donors (Lipinski definition) is 2. The summed E-state index contributed by atoms with van der Waals surface area (Å²) in [7, 11) is 0. The van der Waals surface area contributed by atoms with Gasteiger partial charge in [0.05, 0.1) is 0 Å². The molecule has 1 aromatic heterocycles. The number of nitrogens with zero attached hydrogens (tertiary/aromatic N) is 2. The fourth-order valence-electron chi connectivity index (χ4n) is 1.70. The molecule has 1 aliphatic rings. The average molecular weight is 301 g/mol. The highest BCUT2D eigenvalue weighted by Crippen LogP contribution is 2.33. The van der Waals surface area contributed by atoms with Crippen molar-refractivity contribution in [2.75, 3.05) is 4.90 Å². The number of aliphatic carboxylic acids is 1. The number of anilines is 1. The molecule has 7 nitrogen and oxygen atoms in total. The summed E-state index contributed by atoms with van der Waals surface area (Å²) in [4.78, 5) is 24.0. The second-order valence-electron chi connectivity index (χ2n) is 5.03. The van der Waals surface area contributed by atoms with Gasteiger partial charge >= 0.3 is 5.97 Å². The zero-order valence-electron chi connectivity index (χ0n) is 11.0. The molecular weight excluding hydrogens is 288 g/mol. The first-order chi connectivity index (χ1) is 9.17. The number of halogens is 1. The first-order valence-electron chi connectivity index (χ1n) is 5.76. The lowest BCUT2D eigenvalue weighted by atomic mass is 9.91. The minimum absolute atomic E-state index is 0.0156. The first kappa shape index (κ1) is 14.5. The third-order valence-electron chi connectivity index (χ3n) is 3.28. The van der Waals surface area contributed by atoms with Gasteiger partial charge in [0, 0.05) is 11.6 Å². The molecule has 2 heterocycles. The van der Waals surface area contributed by atoms with Crippen LogP contribution in [0.1, 0.15) is 26.5 Å². The van der Waals surface area contributed by atoms with Crippen LogP contribution in [0.4, 0.5) is 5.82 Å². The maximum atomic E-state index is 11.9. The molecule has 0 bridgehead atoms. The summed E-state index contributed by atoms with van der Waals surface area (Å²) in [6.45, 7) is 4.41. The third-order valence-corrected chi connectivity index (χ3v) is 3.74. The molecule has 0 spiro atoms. The standard InChI is InChI=1S/C12H13ClN2O5/c1-5-8(13)10(17)15(9(5)16)7-4-6(20-14-7)12(2,3)11(18)19/h4,9,16H,1-3H3,(H,18,19). The Morgan fingerprint density at radius 1 is 1.55 bits per heavy atom. The van der Waals surface area contributed by atoms with Crippen LogP contribution < -0.4 is 4.90 Å². The van der Waals surface area contributed by atoms with Gasteiger partial charge in [0.2, 0.25) is 0 Å². The Kier molecular flexibility index (Phi) is 3.35. The lowest BCUT2D eigenvalue weighted by Crippen LogP contribution is -2.35. The predicted octanol–water partition coefficient (Wildman–Crippen LogP) is 1.21. The molecule has 108 valence electrons. The van der Waals surface area contributed by atoms with Crippen molar-refractivity contribution >= 4 is 29.3 Å². The smallest absolute Gasteiger partial charge is 0.316 e.